The van der Waals surface area contributed by atoms with Crippen LogP contribution in [0.15, 0.2) is 11.8 Å². The van der Waals surface area contributed by atoms with E-state index in [-0.39, 0.29) is 5.91 Å². The van der Waals surface area contributed by atoms with Crippen LogP contribution in [-0.2, 0) is 4.79 Å². The Labute approximate surface area is 110 Å². The molecule has 102 valence electrons. The molecule has 0 aromatic heterocycles. The molecule has 1 fully saturated rings. The van der Waals surface area contributed by atoms with E-state index in [1.54, 1.807) is 0 Å². The quantitative estimate of drug-likeness (QED) is 0.816. The van der Waals surface area contributed by atoms with Crippen molar-refractivity contribution in [1.29, 1.82) is 0 Å². The molecule has 4 nitrogen and oxygen atoms in total. The van der Waals surface area contributed by atoms with Crippen LogP contribution >= 0.6 is 0 Å². The predicted octanol–water partition coefficient (Wildman–Crippen LogP) is 1.18. The fourth-order valence-corrected chi connectivity index (χ4v) is 2.90. The highest BCUT2D eigenvalue weighted by molar-refractivity contribution is 5.79. The summed E-state index contributed by atoms with van der Waals surface area (Å²) in [5, 5.41) is 0. The van der Waals surface area contributed by atoms with Gasteiger partial charge in [0, 0.05) is 19.3 Å². The zero-order valence-corrected chi connectivity index (χ0v) is 11.4. The molecule has 1 aliphatic heterocycles. The average molecular weight is 251 g/mol. The summed E-state index contributed by atoms with van der Waals surface area (Å²) in [6.07, 6.45) is 7.92. The molecule has 18 heavy (non-hydrogen) atoms. The molecule has 1 saturated heterocycles. The summed E-state index contributed by atoms with van der Waals surface area (Å²) in [5.74, 6) is 0.795. The number of nitrogens with zero attached hydrogens (tertiary/aromatic N) is 2. The lowest BCUT2D eigenvalue weighted by atomic mass is 9.98. The summed E-state index contributed by atoms with van der Waals surface area (Å²) in [4.78, 5) is 16.3. The number of rotatable bonds is 4. The van der Waals surface area contributed by atoms with Crippen molar-refractivity contribution >= 4 is 5.91 Å². The lowest BCUT2D eigenvalue weighted by molar-refractivity contribution is -0.129. The fourth-order valence-electron chi connectivity index (χ4n) is 2.90. The van der Waals surface area contributed by atoms with Gasteiger partial charge >= 0.3 is 0 Å². The first-order valence-electron chi connectivity index (χ1n) is 7.08. The highest BCUT2D eigenvalue weighted by Gasteiger charge is 2.23. The van der Waals surface area contributed by atoms with Crippen molar-refractivity contribution < 1.29 is 4.79 Å². The van der Waals surface area contributed by atoms with Crippen molar-refractivity contribution in [3.8, 4) is 0 Å². The van der Waals surface area contributed by atoms with Crippen LogP contribution in [0.2, 0.25) is 0 Å². The van der Waals surface area contributed by atoms with Crippen molar-refractivity contribution in [2.45, 2.75) is 32.1 Å². The molecule has 0 aromatic carbocycles. The highest BCUT2D eigenvalue weighted by atomic mass is 16.2. The zero-order chi connectivity index (χ0) is 13.0. The van der Waals surface area contributed by atoms with E-state index in [0.29, 0.717) is 12.5 Å². The van der Waals surface area contributed by atoms with Crippen LogP contribution < -0.4 is 5.73 Å². The Bertz CT molecular complexity index is 327. The van der Waals surface area contributed by atoms with E-state index in [1.807, 2.05) is 11.9 Å². The smallest absolute Gasteiger partial charge is 0.240 e. The van der Waals surface area contributed by atoms with Crippen LogP contribution in [0.5, 0.6) is 0 Å². The Balaban J connectivity index is 1.83. The second kappa shape index (κ2) is 6.34. The van der Waals surface area contributed by atoms with Crippen molar-refractivity contribution in [2.24, 2.45) is 11.7 Å². The van der Waals surface area contributed by atoms with Gasteiger partial charge < -0.3 is 10.6 Å². The summed E-state index contributed by atoms with van der Waals surface area (Å²) >= 11 is 0. The molecule has 1 unspecified atom stereocenters. The minimum absolute atomic E-state index is 0.223. The molecule has 1 heterocycles. The highest BCUT2D eigenvalue weighted by Crippen LogP contribution is 2.21. The summed E-state index contributed by atoms with van der Waals surface area (Å²) in [6, 6.07) is 0. The van der Waals surface area contributed by atoms with Gasteiger partial charge in [-0.1, -0.05) is 6.08 Å². The third-order valence-electron chi connectivity index (χ3n) is 4.12. The standard InChI is InChI=1S/C14H25N3O/c1-16(13-6-2-3-7-13)14(18)11-17-8-4-5-12(9-15)10-17/h6,12H,2-5,7-11,15H2,1H3. The van der Waals surface area contributed by atoms with Crippen LogP contribution in [-0.4, -0.2) is 48.9 Å². The molecule has 0 saturated carbocycles. The Hall–Kier alpha value is -0.870. The minimum Gasteiger partial charge on any atom is -0.330 e. The molecule has 0 spiro atoms. The van der Waals surface area contributed by atoms with Gasteiger partial charge in [0.1, 0.15) is 0 Å². The molecule has 1 amide bonds. The van der Waals surface area contributed by atoms with Crippen molar-refractivity contribution in [2.75, 3.05) is 33.2 Å². The van der Waals surface area contributed by atoms with Gasteiger partial charge in [-0.3, -0.25) is 9.69 Å². The average Bonchev–Trinajstić information content (AvgIpc) is 2.92. The normalized spacial score (nSPS) is 25.0. The van der Waals surface area contributed by atoms with Crippen LogP contribution in [0.3, 0.4) is 0 Å². The number of carbonyl (C=O) groups is 1. The Morgan fingerprint density at radius 3 is 3.06 bits per heavy atom. The third-order valence-corrected chi connectivity index (χ3v) is 4.12. The van der Waals surface area contributed by atoms with E-state index in [9.17, 15) is 4.79 Å². The molecule has 2 aliphatic rings. The fraction of sp³-hybridized carbons (Fsp3) is 0.786. The lowest BCUT2D eigenvalue weighted by Gasteiger charge is -2.32. The van der Waals surface area contributed by atoms with E-state index in [1.165, 1.54) is 25.0 Å². The Kier molecular flexibility index (Phi) is 4.78. The van der Waals surface area contributed by atoms with E-state index in [2.05, 4.69) is 11.0 Å². The maximum absolute atomic E-state index is 12.2. The molecule has 0 bridgehead atoms. The van der Waals surface area contributed by atoms with Crippen LogP contribution in [0.25, 0.3) is 0 Å². The van der Waals surface area contributed by atoms with Crippen molar-refractivity contribution in [3.05, 3.63) is 11.8 Å². The number of nitrogens with two attached hydrogens (primary N) is 1. The molecule has 1 atom stereocenters. The second-order valence-electron chi connectivity index (χ2n) is 5.52. The van der Waals surface area contributed by atoms with Gasteiger partial charge in [0.05, 0.1) is 6.54 Å². The largest absolute Gasteiger partial charge is 0.330 e. The van der Waals surface area contributed by atoms with Gasteiger partial charge in [-0.25, -0.2) is 0 Å². The number of hydrogen-bond acceptors (Lipinski definition) is 3. The number of likely N-dealkylation sites (N-methyl/N-ethyl adjacent to an activating group) is 1. The number of likely N-dealkylation sites (tertiary alicyclic amines) is 1. The van der Waals surface area contributed by atoms with Gasteiger partial charge in [0.2, 0.25) is 5.91 Å². The summed E-state index contributed by atoms with van der Waals surface area (Å²) < 4.78 is 0. The number of allylic oxidation sites excluding steroid dienone is 2. The third kappa shape index (κ3) is 3.33. The predicted molar refractivity (Wildman–Crippen MR) is 72.9 cm³/mol. The molecular weight excluding hydrogens is 226 g/mol. The summed E-state index contributed by atoms with van der Waals surface area (Å²) in [5.41, 5.74) is 6.93. The summed E-state index contributed by atoms with van der Waals surface area (Å²) in [7, 11) is 1.91. The molecule has 0 aromatic rings. The van der Waals surface area contributed by atoms with E-state index < -0.39 is 0 Å². The number of piperidine rings is 1. The number of amides is 1. The number of carbonyl (C=O) groups excluding carboxylic acids is 1. The van der Waals surface area contributed by atoms with Crippen LogP contribution in [0, 0.1) is 5.92 Å². The van der Waals surface area contributed by atoms with Crippen LogP contribution in [0.4, 0.5) is 0 Å². The van der Waals surface area contributed by atoms with E-state index >= 15 is 0 Å². The molecule has 4 heteroatoms. The summed E-state index contributed by atoms with van der Waals surface area (Å²) in [6.45, 7) is 3.31. The van der Waals surface area contributed by atoms with E-state index in [4.69, 9.17) is 5.73 Å². The van der Waals surface area contributed by atoms with Crippen molar-refractivity contribution in [1.82, 2.24) is 9.80 Å². The van der Waals surface area contributed by atoms with Crippen LogP contribution in [0.1, 0.15) is 32.1 Å². The topological polar surface area (TPSA) is 49.6 Å². The second-order valence-corrected chi connectivity index (χ2v) is 5.52. The zero-order valence-electron chi connectivity index (χ0n) is 11.4. The molecule has 2 N–H and O–H groups in total. The minimum atomic E-state index is 0.223. The lowest BCUT2D eigenvalue weighted by Crippen LogP contribution is -2.44. The Morgan fingerprint density at radius 1 is 1.56 bits per heavy atom. The van der Waals surface area contributed by atoms with E-state index in [0.717, 1.165) is 32.5 Å². The molecule has 0 radical (unpaired) electrons. The molecule has 1 aliphatic carbocycles. The first-order chi connectivity index (χ1) is 8.70. The monoisotopic (exact) mass is 251 g/mol. The maximum atomic E-state index is 12.2. The molecule has 2 rings (SSSR count). The molecular formula is C14H25N3O. The first kappa shape index (κ1) is 13.6. The van der Waals surface area contributed by atoms with Gasteiger partial charge in [-0.2, -0.15) is 0 Å². The van der Waals surface area contributed by atoms with Gasteiger partial charge in [-0.15, -0.1) is 0 Å². The number of hydrogen-bond donors (Lipinski definition) is 1. The Morgan fingerprint density at radius 2 is 2.39 bits per heavy atom. The van der Waals surface area contributed by atoms with Crippen molar-refractivity contribution in [3.63, 3.8) is 0 Å². The van der Waals surface area contributed by atoms with Gasteiger partial charge in [0.15, 0.2) is 0 Å². The SMILES string of the molecule is CN(C(=O)CN1CCCC(CN)C1)C1=CCCC1. The first-order valence-corrected chi connectivity index (χ1v) is 7.08. The van der Waals surface area contributed by atoms with Gasteiger partial charge in [0.25, 0.3) is 0 Å². The maximum Gasteiger partial charge on any atom is 0.240 e. The van der Waals surface area contributed by atoms with Gasteiger partial charge in [-0.05, 0) is 51.1 Å².